The van der Waals surface area contributed by atoms with Crippen LogP contribution in [0, 0.1) is 0 Å². The van der Waals surface area contributed by atoms with Gasteiger partial charge in [0.15, 0.2) is 0 Å². The Balaban J connectivity index is 1.78. The van der Waals surface area contributed by atoms with Crippen molar-refractivity contribution in [1.29, 1.82) is 0 Å². The summed E-state index contributed by atoms with van der Waals surface area (Å²) in [5.74, 6) is -0.977. The standard InChI is InChI=1S/C29H32ClN3O3S/c1-3-33-15-8-14-29(33,2)28(36)32-25-13-12-21(30)17-24(25)27(20-9-5-4-6-10-20)31-22(19-26(34)35)18-23-11-7-16-37-23/h4-7,9-13,16-17,22H,3,8,14-15,18-19H2,1-2H3,(H,32,36)(H,34,35)/t22-,29-/m1/s1. The molecule has 0 unspecified atom stereocenters. The van der Waals surface area contributed by atoms with E-state index in [0.717, 1.165) is 36.4 Å². The molecule has 4 rings (SSSR count). The number of nitrogens with one attached hydrogen (secondary N) is 1. The highest BCUT2D eigenvalue weighted by atomic mass is 35.5. The maximum Gasteiger partial charge on any atom is 0.305 e. The van der Waals surface area contributed by atoms with Gasteiger partial charge >= 0.3 is 5.97 Å². The van der Waals surface area contributed by atoms with Crippen molar-refractivity contribution in [3.8, 4) is 0 Å². The quantitative estimate of drug-likeness (QED) is 0.304. The highest BCUT2D eigenvalue weighted by Crippen LogP contribution is 2.32. The molecule has 2 aromatic carbocycles. The van der Waals surface area contributed by atoms with Gasteiger partial charge in [0.1, 0.15) is 0 Å². The maximum absolute atomic E-state index is 13.6. The molecule has 6 nitrogen and oxygen atoms in total. The zero-order valence-corrected chi connectivity index (χ0v) is 22.7. The van der Waals surface area contributed by atoms with Crippen LogP contribution in [0.25, 0.3) is 0 Å². The van der Waals surface area contributed by atoms with Gasteiger partial charge in [0.25, 0.3) is 0 Å². The number of halogens is 1. The zero-order chi connectivity index (χ0) is 26.4. The lowest BCUT2D eigenvalue weighted by molar-refractivity contribution is -0.137. The summed E-state index contributed by atoms with van der Waals surface area (Å²) in [6.07, 6.45) is 2.16. The summed E-state index contributed by atoms with van der Waals surface area (Å²) in [7, 11) is 0. The van der Waals surface area contributed by atoms with E-state index in [1.54, 1.807) is 29.5 Å². The number of rotatable bonds is 10. The van der Waals surface area contributed by atoms with E-state index in [9.17, 15) is 14.7 Å². The highest BCUT2D eigenvalue weighted by Gasteiger charge is 2.42. The van der Waals surface area contributed by atoms with Gasteiger partial charge in [-0.05, 0) is 62.5 Å². The van der Waals surface area contributed by atoms with Crippen LogP contribution in [0.3, 0.4) is 0 Å². The minimum atomic E-state index is -0.911. The van der Waals surface area contributed by atoms with Gasteiger partial charge in [-0.3, -0.25) is 19.5 Å². The number of carboxylic acids is 1. The number of aliphatic carboxylic acids is 1. The highest BCUT2D eigenvalue weighted by molar-refractivity contribution is 7.09. The third-order valence-electron chi connectivity index (χ3n) is 6.93. The second-order valence-corrected chi connectivity index (χ2v) is 10.9. The molecule has 0 spiro atoms. The Labute approximate surface area is 227 Å². The van der Waals surface area contributed by atoms with Crippen molar-refractivity contribution >= 4 is 46.2 Å². The van der Waals surface area contributed by atoms with Gasteiger partial charge < -0.3 is 10.4 Å². The average Bonchev–Trinajstić information content (AvgIpc) is 3.53. The molecule has 2 N–H and O–H groups in total. The molecule has 1 aromatic heterocycles. The predicted octanol–water partition coefficient (Wildman–Crippen LogP) is 6.14. The number of hydrogen-bond acceptors (Lipinski definition) is 5. The van der Waals surface area contributed by atoms with Crippen LogP contribution in [0.15, 0.2) is 71.0 Å². The van der Waals surface area contributed by atoms with Crippen LogP contribution in [0.1, 0.15) is 49.1 Å². The minimum absolute atomic E-state index is 0.0662. The molecule has 194 valence electrons. The summed E-state index contributed by atoms with van der Waals surface area (Å²) in [6.45, 7) is 5.75. The number of nitrogens with zero attached hydrogens (tertiary/aromatic N) is 2. The average molecular weight is 538 g/mol. The fourth-order valence-electron chi connectivity index (χ4n) is 4.97. The fraction of sp³-hybridized carbons (Fsp3) is 0.345. The molecule has 0 radical (unpaired) electrons. The van der Waals surface area contributed by atoms with Crippen LogP contribution in [0.2, 0.25) is 5.02 Å². The second-order valence-electron chi connectivity index (χ2n) is 9.48. The number of carbonyl (C=O) groups excluding carboxylic acids is 1. The SMILES string of the molecule is CCN1CCC[C@]1(C)C(=O)Nc1ccc(Cl)cc1C(=N[C@@H](CC(=O)O)Cc1cccs1)c1ccccc1. The molecule has 1 fully saturated rings. The summed E-state index contributed by atoms with van der Waals surface area (Å²) in [5.41, 5.74) is 2.10. The number of benzene rings is 2. The van der Waals surface area contributed by atoms with Crippen LogP contribution in [0.4, 0.5) is 5.69 Å². The van der Waals surface area contributed by atoms with Crippen LogP contribution in [-0.2, 0) is 16.0 Å². The van der Waals surface area contributed by atoms with E-state index in [-0.39, 0.29) is 12.3 Å². The van der Waals surface area contributed by atoms with Crippen LogP contribution in [0.5, 0.6) is 0 Å². The van der Waals surface area contributed by atoms with Crippen molar-refractivity contribution in [2.75, 3.05) is 18.4 Å². The zero-order valence-electron chi connectivity index (χ0n) is 21.1. The predicted molar refractivity (Wildman–Crippen MR) is 151 cm³/mol. The Kier molecular flexibility index (Phi) is 8.79. The Morgan fingerprint density at radius 2 is 1.97 bits per heavy atom. The van der Waals surface area contributed by atoms with E-state index in [1.165, 1.54) is 0 Å². The number of carboxylic acid groups (broad SMARTS) is 1. The molecule has 8 heteroatoms. The molecule has 2 atom stereocenters. The van der Waals surface area contributed by atoms with E-state index < -0.39 is 17.6 Å². The Bertz CT molecular complexity index is 1260. The first-order chi connectivity index (χ1) is 17.8. The van der Waals surface area contributed by atoms with E-state index >= 15 is 0 Å². The Morgan fingerprint density at radius 1 is 1.19 bits per heavy atom. The first-order valence-electron chi connectivity index (χ1n) is 12.5. The van der Waals surface area contributed by atoms with E-state index in [1.807, 2.05) is 54.8 Å². The van der Waals surface area contributed by atoms with Gasteiger partial charge in [-0.1, -0.05) is 54.9 Å². The molecule has 1 amide bonds. The number of hydrogen-bond donors (Lipinski definition) is 2. The molecule has 0 aliphatic carbocycles. The van der Waals surface area contributed by atoms with Crippen molar-refractivity contribution in [2.24, 2.45) is 4.99 Å². The van der Waals surface area contributed by atoms with Gasteiger partial charge in [0, 0.05) is 27.4 Å². The molecule has 0 bridgehead atoms. The van der Waals surface area contributed by atoms with Gasteiger partial charge in [-0.25, -0.2) is 0 Å². The molecule has 37 heavy (non-hydrogen) atoms. The van der Waals surface area contributed by atoms with E-state index in [4.69, 9.17) is 16.6 Å². The number of amides is 1. The van der Waals surface area contributed by atoms with Crippen molar-refractivity contribution < 1.29 is 14.7 Å². The molecule has 1 aliphatic heterocycles. The number of anilines is 1. The first-order valence-corrected chi connectivity index (χ1v) is 13.8. The number of thiophene rings is 1. The lowest BCUT2D eigenvalue weighted by Gasteiger charge is -2.33. The van der Waals surface area contributed by atoms with Crippen molar-refractivity contribution in [2.45, 2.75) is 51.1 Å². The third kappa shape index (κ3) is 6.47. The summed E-state index contributed by atoms with van der Waals surface area (Å²) in [5, 5.41) is 15.3. The van der Waals surface area contributed by atoms with Crippen molar-refractivity contribution in [3.63, 3.8) is 0 Å². The largest absolute Gasteiger partial charge is 0.481 e. The topological polar surface area (TPSA) is 82.0 Å². The van der Waals surface area contributed by atoms with E-state index in [2.05, 4.69) is 17.1 Å². The van der Waals surface area contributed by atoms with Crippen LogP contribution < -0.4 is 5.32 Å². The smallest absolute Gasteiger partial charge is 0.305 e. The van der Waals surface area contributed by atoms with Crippen molar-refractivity contribution in [3.05, 3.63) is 87.1 Å². The molecular formula is C29H32ClN3O3S. The van der Waals surface area contributed by atoms with Crippen LogP contribution in [-0.4, -0.2) is 52.3 Å². The number of carbonyl (C=O) groups is 2. The third-order valence-corrected chi connectivity index (χ3v) is 8.07. The Hall–Kier alpha value is -3.00. The van der Waals surface area contributed by atoms with E-state index in [0.29, 0.717) is 28.4 Å². The lowest BCUT2D eigenvalue weighted by atomic mass is 9.96. The van der Waals surface area contributed by atoms with Gasteiger partial charge in [-0.2, -0.15) is 0 Å². The van der Waals surface area contributed by atoms with Gasteiger partial charge in [0.2, 0.25) is 5.91 Å². The van der Waals surface area contributed by atoms with Gasteiger partial charge in [0.05, 0.1) is 29.4 Å². The Morgan fingerprint density at radius 3 is 2.65 bits per heavy atom. The maximum atomic E-state index is 13.6. The van der Waals surface area contributed by atoms with Crippen LogP contribution >= 0.6 is 22.9 Å². The van der Waals surface area contributed by atoms with Gasteiger partial charge in [-0.15, -0.1) is 11.3 Å². The molecule has 2 heterocycles. The molecule has 1 saturated heterocycles. The number of likely N-dealkylation sites (tertiary alicyclic amines) is 1. The summed E-state index contributed by atoms with van der Waals surface area (Å²) >= 11 is 8.03. The lowest BCUT2D eigenvalue weighted by Crippen LogP contribution is -2.50. The monoisotopic (exact) mass is 537 g/mol. The molecular weight excluding hydrogens is 506 g/mol. The summed E-state index contributed by atoms with van der Waals surface area (Å²) in [6, 6.07) is 18.4. The first kappa shape index (κ1) is 27.0. The minimum Gasteiger partial charge on any atom is -0.481 e. The number of aliphatic imine (C=N–C) groups is 1. The summed E-state index contributed by atoms with van der Waals surface area (Å²) in [4.78, 5) is 33.6. The normalized spacial score (nSPS) is 19.1. The molecule has 1 aliphatic rings. The summed E-state index contributed by atoms with van der Waals surface area (Å²) < 4.78 is 0. The van der Waals surface area contributed by atoms with Crippen molar-refractivity contribution in [1.82, 2.24) is 4.90 Å². The molecule has 3 aromatic rings. The second kappa shape index (κ2) is 12.0. The fourth-order valence-corrected chi connectivity index (χ4v) is 5.92. The number of likely N-dealkylation sites (N-methyl/N-ethyl adjacent to an activating group) is 1. The molecule has 0 saturated carbocycles.